The SMILES string of the molecule is C=CCc1cc(/C=c2\sc3n(c2=O)[C@@H](c2ccc(OCC)c(OCC)c2)C(C(=O)OC)=CN=3)ccc1OCc1ccccc1F. The van der Waals surface area contributed by atoms with Gasteiger partial charge in [-0.2, -0.15) is 0 Å². The maximum Gasteiger partial charge on any atom is 0.337 e. The first-order chi connectivity index (χ1) is 21.9. The van der Waals surface area contributed by atoms with Crippen LogP contribution in [-0.4, -0.2) is 30.9 Å². The normalized spacial score (nSPS) is 14.2. The van der Waals surface area contributed by atoms with E-state index in [4.69, 9.17) is 18.9 Å². The third-order valence-corrected chi connectivity index (χ3v) is 8.09. The second-order valence-corrected chi connectivity index (χ2v) is 11.0. The molecule has 1 aromatic heterocycles. The molecule has 0 N–H and O–H groups in total. The Morgan fingerprint density at radius 1 is 1.00 bits per heavy atom. The lowest BCUT2D eigenvalue weighted by molar-refractivity contribution is -0.136. The minimum absolute atomic E-state index is 0.0772. The maximum atomic E-state index is 14.1. The summed E-state index contributed by atoms with van der Waals surface area (Å²) in [6.07, 6.45) is 5.49. The van der Waals surface area contributed by atoms with Crippen molar-refractivity contribution >= 4 is 23.4 Å². The zero-order valence-electron chi connectivity index (χ0n) is 25.2. The van der Waals surface area contributed by atoms with Crippen molar-refractivity contribution in [1.29, 1.82) is 0 Å². The van der Waals surface area contributed by atoms with Gasteiger partial charge in [0.1, 0.15) is 18.2 Å². The number of allylic oxidation sites excluding steroid dienone is 1. The zero-order chi connectivity index (χ0) is 31.9. The lowest BCUT2D eigenvalue weighted by Crippen LogP contribution is -2.39. The van der Waals surface area contributed by atoms with Gasteiger partial charge in [-0.3, -0.25) is 9.36 Å². The molecule has 0 bridgehead atoms. The Morgan fingerprint density at radius 3 is 2.49 bits per heavy atom. The van der Waals surface area contributed by atoms with Gasteiger partial charge in [0.15, 0.2) is 16.3 Å². The summed E-state index contributed by atoms with van der Waals surface area (Å²) in [7, 11) is 1.29. The molecule has 3 aromatic carbocycles. The van der Waals surface area contributed by atoms with E-state index in [1.165, 1.54) is 35.3 Å². The molecule has 5 rings (SSSR count). The van der Waals surface area contributed by atoms with Crippen molar-refractivity contribution in [3.05, 3.63) is 133 Å². The van der Waals surface area contributed by atoms with Gasteiger partial charge in [-0.05, 0) is 73.4 Å². The summed E-state index contributed by atoms with van der Waals surface area (Å²) in [4.78, 5) is 31.7. The average Bonchev–Trinajstić information content (AvgIpc) is 3.36. The maximum absolute atomic E-state index is 14.1. The predicted octanol–water partition coefficient (Wildman–Crippen LogP) is 5.26. The van der Waals surface area contributed by atoms with Gasteiger partial charge >= 0.3 is 5.97 Å². The number of rotatable bonds is 12. The monoisotopic (exact) mass is 628 g/mol. The molecule has 4 aromatic rings. The number of hydrogen-bond donors (Lipinski definition) is 0. The van der Waals surface area contributed by atoms with E-state index in [9.17, 15) is 14.0 Å². The van der Waals surface area contributed by atoms with E-state index in [1.807, 2.05) is 26.0 Å². The van der Waals surface area contributed by atoms with Gasteiger partial charge in [-0.15, -0.1) is 6.58 Å². The summed E-state index contributed by atoms with van der Waals surface area (Å²) in [6.45, 7) is 8.54. The number of ether oxygens (including phenoxy) is 4. The molecular formula is C35H33FN2O6S. The third-order valence-electron chi connectivity index (χ3n) is 7.10. The first-order valence-corrected chi connectivity index (χ1v) is 15.3. The van der Waals surface area contributed by atoms with Gasteiger partial charge < -0.3 is 18.9 Å². The number of fused-ring (bicyclic) bond motifs is 1. The molecule has 0 spiro atoms. The number of thiazole rings is 1. The molecular weight excluding hydrogens is 595 g/mol. The molecule has 0 unspecified atom stereocenters. The largest absolute Gasteiger partial charge is 0.490 e. The number of carbonyl (C=O) groups excluding carboxylic acids is 1. The van der Waals surface area contributed by atoms with Crippen molar-refractivity contribution in [3.63, 3.8) is 0 Å². The highest BCUT2D eigenvalue weighted by Gasteiger charge is 2.31. The fourth-order valence-electron chi connectivity index (χ4n) is 5.05. The Kier molecular flexibility index (Phi) is 9.94. The van der Waals surface area contributed by atoms with Crippen LogP contribution in [0.15, 0.2) is 94.9 Å². The van der Waals surface area contributed by atoms with Crippen LogP contribution in [-0.2, 0) is 22.6 Å². The number of esters is 1. The van der Waals surface area contributed by atoms with Crippen LogP contribution in [0.2, 0.25) is 0 Å². The van der Waals surface area contributed by atoms with Crippen LogP contribution < -0.4 is 29.1 Å². The number of halogens is 1. The minimum atomic E-state index is -0.795. The van der Waals surface area contributed by atoms with E-state index in [1.54, 1.807) is 54.6 Å². The highest BCUT2D eigenvalue weighted by molar-refractivity contribution is 7.07. The quantitative estimate of drug-likeness (QED) is 0.157. The number of nitrogens with zero attached hydrogens (tertiary/aromatic N) is 2. The van der Waals surface area contributed by atoms with Crippen LogP contribution in [0.25, 0.3) is 6.08 Å². The Labute approximate surface area is 264 Å². The summed E-state index contributed by atoms with van der Waals surface area (Å²) in [5.41, 5.74) is 2.60. The third kappa shape index (κ3) is 6.76. The molecule has 8 nitrogen and oxygen atoms in total. The number of benzene rings is 3. The lowest BCUT2D eigenvalue weighted by Gasteiger charge is -2.23. The number of methoxy groups -OCH3 is 1. The summed E-state index contributed by atoms with van der Waals surface area (Å²) < 4.78 is 38.6. The van der Waals surface area contributed by atoms with Crippen LogP contribution >= 0.6 is 11.3 Å². The van der Waals surface area contributed by atoms with Gasteiger partial charge in [0.05, 0.1) is 36.5 Å². The molecule has 1 aliphatic rings. The Morgan fingerprint density at radius 2 is 1.76 bits per heavy atom. The minimum Gasteiger partial charge on any atom is -0.490 e. The van der Waals surface area contributed by atoms with Gasteiger partial charge in [-0.25, -0.2) is 14.2 Å². The molecule has 1 aliphatic heterocycles. The highest BCUT2D eigenvalue weighted by atomic mass is 32.1. The molecule has 0 saturated carbocycles. The van der Waals surface area contributed by atoms with E-state index in [2.05, 4.69) is 11.6 Å². The summed E-state index contributed by atoms with van der Waals surface area (Å²) >= 11 is 1.22. The molecule has 0 aliphatic carbocycles. The fraction of sp³-hybridized carbons (Fsp3) is 0.229. The van der Waals surface area contributed by atoms with Crippen LogP contribution in [0, 0.1) is 5.82 Å². The van der Waals surface area contributed by atoms with Crippen molar-refractivity contribution in [2.24, 2.45) is 4.99 Å². The number of carbonyl (C=O) groups is 1. The van der Waals surface area contributed by atoms with E-state index in [0.717, 1.165) is 11.1 Å². The topological polar surface area (TPSA) is 88.4 Å². The Hall–Kier alpha value is -4.96. The lowest BCUT2D eigenvalue weighted by atomic mass is 9.97. The Bertz CT molecular complexity index is 1940. The summed E-state index contributed by atoms with van der Waals surface area (Å²) in [5, 5.41) is 0. The van der Waals surface area contributed by atoms with Gasteiger partial charge in [0, 0.05) is 11.8 Å². The van der Waals surface area contributed by atoms with Crippen LogP contribution in [0.4, 0.5) is 4.39 Å². The Balaban J connectivity index is 1.55. The summed E-state index contributed by atoms with van der Waals surface area (Å²) in [5.74, 6) is 0.746. The van der Waals surface area contributed by atoms with Crippen molar-refractivity contribution in [1.82, 2.24) is 4.57 Å². The second-order valence-electron chi connectivity index (χ2n) is 9.99. The molecule has 0 amide bonds. The standard InChI is InChI=1S/C35H33FN2O6S/c1-5-10-23-17-22(13-15-28(23)44-21-25-11-8-9-12-27(25)36)18-31-33(39)38-32(26(34(40)41-4)20-37-35(38)45-31)24-14-16-29(42-6-2)30(19-24)43-7-3/h5,8-9,11-20,32H,1,6-7,10,21H2,2-4H3/b31-18-/t32-/m0/s1. The second kappa shape index (κ2) is 14.2. The molecule has 10 heteroatoms. The zero-order valence-corrected chi connectivity index (χ0v) is 26.1. The first-order valence-electron chi connectivity index (χ1n) is 14.5. The summed E-state index contributed by atoms with van der Waals surface area (Å²) in [6, 6.07) is 16.6. The van der Waals surface area contributed by atoms with E-state index >= 15 is 0 Å². The van der Waals surface area contributed by atoms with Crippen molar-refractivity contribution in [2.45, 2.75) is 32.9 Å². The molecule has 232 valence electrons. The molecule has 1 atom stereocenters. The van der Waals surface area contributed by atoms with Gasteiger partial charge in [0.2, 0.25) is 0 Å². The fourth-order valence-corrected chi connectivity index (χ4v) is 6.02. The molecule has 0 radical (unpaired) electrons. The average molecular weight is 629 g/mol. The molecule has 2 heterocycles. The van der Waals surface area contributed by atoms with Crippen molar-refractivity contribution < 1.29 is 28.1 Å². The van der Waals surface area contributed by atoms with Crippen molar-refractivity contribution in [3.8, 4) is 17.2 Å². The molecule has 45 heavy (non-hydrogen) atoms. The van der Waals surface area contributed by atoms with E-state index in [0.29, 0.717) is 57.3 Å². The van der Waals surface area contributed by atoms with E-state index in [-0.39, 0.29) is 23.6 Å². The van der Waals surface area contributed by atoms with Crippen LogP contribution in [0.3, 0.4) is 0 Å². The van der Waals surface area contributed by atoms with E-state index < -0.39 is 12.0 Å². The van der Waals surface area contributed by atoms with Crippen molar-refractivity contribution in [2.75, 3.05) is 20.3 Å². The smallest absolute Gasteiger partial charge is 0.337 e. The predicted molar refractivity (Wildman–Crippen MR) is 171 cm³/mol. The van der Waals surface area contributed by atoms with Crippen LogP contribution in [0.1, 0.15) is 42.1 Å². The number of hydrogen-bond acceptors (Lipinski definition) is 8. The van der Waals surface area contributed by atoms with Gasteiger partial charge in [-0.1, -0.05) is 47.7 Å². The van der Waals surface area contributed by atoms with Crippen LogP contribution in [0.5, 0.6) is 17.2 Å². The van der Waals surface area contributed by atoms with Gasteiger partial charge in [0.25, 0.3) is 5.56 Å². The number of aromatic nitrogens is 1. The highest BCUT2D eigenvalue weighted by Crippen LogP contribution is 2.35. The molecule has 0 fully saturated rings. The first kappa shape index (κ1) is 31.5. The molecule has 0 saturated heterocycles.